The minimum atomic E-state index is -0.345. The Hall–Kier alpha value is -2.29. The van der Waals surface area contributed by atoms with Gasteiger partial charge in [-0.15, -0.1) is 0 Å². The molecule has 110 valence electrons. The molecular formula is C18H20O3. The fourth-order valence-corrected chi connectivity index (χ4v) is 2.42. The van der Waals surface area contributed by atoms with Crippen LogP contribution in [0.2, 0.25) is 0 Å². The molecule has 3 heteroatoms. The predicted octanol–water partition coefficient (Wildman–Crippen LogP) is 3.66. The molecule has 3 nitrogen and oxygen atoms in total. The van der Waals surface area contributed by atoms with Crippen molar-refractivity contribution in [2.75, 3.05) is 14.2 Å². The molecule has 0 N–H and O–H groups in total. The van der Waals surface area contributed by atoms with Gasteiger partial charge in [-0.05, 0) is 36.5 Å². The first-order valence-corrected chi connectivity index (χ1v) is 7.04. The van der Waals surface area contributed by atoms with E-state index in [-0.39, 0.29) is 5.97 Å². The number of rotatable bonds is 6. The van der Waals surface area contributed by atoms with Crippen molar-refractivity contribution in [2.45, 2.75) is 19.3 Å². The molecule has 21 heavy (non-hydrogen) atoms. The summed E-state index contributed by atoms with van der Waals surface area (Å²) in [5.41, 5.74) is 2.81. The highest BCUT2D eigenvalue weighted by Crippen LogP contribution is 2.24. The Kier molecular flexibility index (Phi) is 5.38. The molecule has 2 aromatic rings. The van der Waals surface area contributed by atoms with Gasteiger partial charge in [0.1, 0.15) is 11.3 Å². The third-order valence-corrected chi connectivity index (χ3v) is 3.48. The summed E-state index contributed by atoms with van der Waals surface area (Å²) < 4.78 is 10.1. The van der Waals surface area contributed by atoms with Crippen LogP contribution < -0.4 is 4.74 Å². The number of ether oxygens (including phenoxy) is 2. The number of benzene rings is 2. The second-order valence-corrected chi connectivity index (χ2v) is 4.83. The quantitative estimate of drug-likeness (QED) is 0.759. The smallest absolute Gasteiger partial charge is 0.341 e. The van der Waals surface area contributed by atoms with Crippen molar-refractivity contribution in [1.82, 2.24) is 0 Å². The highest BCUT2D eigenvalue weighted by Gasteiger charge is 2.17. The van der Waals surface area contributed by atoms with Crippen LogP contribution in [0.15, 0.2) is 48.5 Å². The molecule has 0 atom stereocenters. The number of hydrogen-bond donors (Lipinski definition) is 0. The van der Waals surface area contributed by atoms with Crippen molar-refractivity contribution in [2.24, 2.45) is 0 Å². The Morgan fingerprint density at radius 3 is 2.38 bits per heavy atom. The van der Waals surface area contributed by atoms with Gasteiger partial charge in [0.15, 0.2) is 0 Å². The number of aryl methyl sites for hydroxylation is 2. The van der Waals surface area contributed by atoms with Gasteiger partial charge >= 0.3 is 5.97 Å². The zero-order chi connectivity index (χ0) is 15.1. The summed E-state index contributed by atoms with van der Waals surface area (Å²) in [6, 6.07) is 16.0. The maximum absolute atomic E-state index is 11.9. The summed E-state index contributed by atoms with van der Waals surface area (Å²) in [5.74, 6) is 0.223. The summed E-state index contributed by atoms with van der Waals surface area (Å²) in [5, 5.41) is 0. The zero-order valence-corrected chi connectivity index (χ0v) is 12.5. The van der Waals surface area contributed by atoms with Gasteiger partial charge in [0, 0.05) is 0 Å². The Morgan fingerprint density at radius 2 is 1.71 bits per heavy atom. The Balaban J connectivity index is 2.10. The minimum absolute atomic E-state index is 0.345. The fraction of sp³-hybridized carbons (Fsp3) is 0.278. The normalized spacial score (nSPS) is 10.2. The Morgan fingerprint density at radius 1 is 0.952 bits per heavy atom. The van der Waals surface area contributed by atoms with Crippen LogP contribution in [0.1, 0.15) is 27.9 Å². The predicted molar refractivity (Wildman–Crippen MR) is 82.8 cm³/mol. The summed E-state index contributed by atoms with van der Waals surface area (Å²) in [4.78, 5) is 11.9. The van der Waals surface area contributed by atoms with Crippen LogP contribution in [0.4, 0.5) is 0 Å². The third-order valence-electron chi connectivity index (χ3n) is 3.48. The molecule has 0 radical (unpaired) electrons. The van der Waals surface area contributed by atoms with Gasteiger partial charge in [-0.25, -0.2) is 4.79 Å². The highest BCUT2D eigenvalue weighted by molar-refractivity contribution is 5.94. The molecule has 0 unspecified atom stereocenters. The molecule has 0 amide bonds. The highest BCUT2D eigenvalue weighted by atomic mass is 16.5. The number of carbonyl (C=O) groups is 1. The van der Waals surface area contributed by atoms with Crippen LogP contribution in [0.5, 0.6) is 5.75 Å². The van der Waals surface area contributed by atoms with Crippen LogP contribution in [-0.2, 0) is 17.6 Å². The van der Waals surface area contributed by atoms with E-state index in [1.165, 1.54) is 12.7 Å². The van der Waals surface area contributed by atoms with Crippen molar-refractivity contribution in [1.29, 1.82) is 0 Å². The largest absolute Gasteiger partial charge is 0.496 e. The van der Waals surface area contributed by atoms with E-state index in [1.807, 2.05) is 30.3 Å². The van der Waals surface area contributed by atoms with E-state index >= 15 is 0 Å². The van der Waals surface area contributed by atoms with E-state index in [0.717, 1.165) is 24.8 Å². The second-order valence-electron chi connectivity index (χ2n) is 4.83. The van der Waals surface area contributed by atoms with E-state index in [9.17, 15) is 4.79 Å². The molecule has 0 aromatic heterocycles. The average Bonchev–Trinajstić information content (AvgIpc) is 2.54. The first-order valence-electron chi connectivity index (χ1n) is 7.04. The monoisotopic (exact) mass is 284 g/mol. The molecule has 0 saturated carbocycles. The SMILES string of the molecule is COC(=O)c1c(CCCc2ccccc2)cccc1OC. The maximum atomic E-state index is 11.9. The van der Waals surface area contributed by atoms with Gasteiger partial charge in [-0.3, -0.25) is 0 Å². The van der Waals surface area contributed by atoms with E-state index < -0.39 is 0 Å². The van der Waals surface area contributed by atoms with Crippen LogP contribution >= 0.6 is 0 Å². The molecule has 0 fully saturated rings. The number of carbonyl (C=O) groups excluding carboxylic acids is 1. The van der Waals surface area contributed by atoms with E-state index in [2.05, 4.69) is 12.1 Å². The Bertz CT molecular complexity index is 591. The van der Waals surface area contributed by atoms with E-state index in [4.69, 9.17) is 9.47 Å². The lowest BCUT2D eigenvalue weighted by molar-refractivity contribution is 0.0595. The zero-order valence-electron chi connectivity index (χ0n) is 12.5. The van der Waals surface area contributed by atoms with Crippen LogP contribution in [0.25, 0.3) is 0 Å². The van der Waals surface area contributed by atoms with Gasteiger partial charge in [0.2, 0.25) is 0 Å². The van der Waals surface area contributed by atoms with Crippen molar-refractivity contribution >= 4 is 5.97 Å². The molecule has 0 spiro atoms. The lowest BCUT2D eigenvalue weighted by Gasteiger charge is -2.12. The molecular weight excluding hydrogens is 264 g/mol. The number of hydrogen-bond acceptors (Lipinski definition) is 3. The third kappa shape index (κ3) is 3.85. The van der Waals surface area contributed by atoms with Gasteiger partial charge in [-0.1, -0.05) is 42.5 Å². The summed E-state index contributed by atoms with van der Waals surface area (Å²) in [6.07, 6.45) is 2.77. The van der Waals surface area contributed by atoms with Crippen molar-refractivity contribution in [3.05, 3.63) is 65.2 Å². The topological polar surface area (TPSA) is 35.5 Å². The van der Waals surface area contributed by atoms with Gasteiger partial charge in [0.25, 0.3) is 0 Å². The summed E-state index contributed by atoms with van der Waals surface area (Å²) in [6.45, 7) is 0. The van der Waals surface area contributed by atoms with Crippen LogP contribution in [-0.4, -0.2) is 20.2 Å². The van der Waals surface area contributed by atoms with Crippen LogP contribution in [0, 0.1) is 0 Å². The molecule has 2 rings (SSSR count). The minimum Gasteiger partial charge on any atom is -0.496 e. The second kappa shape index (κ2) is 7.48. The number of esters is 1. The van der Waals surface area contributed by atoms with E-state index in [1.54, 1.807) is 13.2 Å². The van der Waals surface area contributed by atoms with Crippen LogP contribution in [0.3, 0.4) is 0 Å². The first kappa shape index (κ1) is 15.1. The fourth-order valence-electron chi connectivity index (χ4n) is 2.42. The Labute approximate surface area is 125 Å². The molecule has 0 saturated heterocycles. The molecule has 0 aliphatic rings. The summed E-state index contributed by atoms with van der Waals surface area (Å²) >= 11 is 0. The molecule has 0 heterocycles. The lowest BCUT2D eigenvalue weighted by atomic mass is 9.99. The lowest BCUT2D eigenvalue weighted by Crippen LogP contribution is -2.08. The molecule has 2 aromatic carbocycles. The standard InChI is InChI=1S/C18H20O3/c1-20-16-13-7-12-15(17(16)18(19)21-2)11-6-10-14-8-4-3-5-9-14/h3-5,7-9,12-13H,6,10-11H2,1-2H3. The average molecular weight is 284 g/mol. The van der Waals surface area contributed by atoms with Crippen molar-refractivity contribution < 1.29 is 14.3 Å². The number of methoxy groups -OCH3 is 2. The first-order chi connectivity index (χ1) is 10.3. The summed E-state index contributed by atoms with van der Waals surface area (Å²) in [7, 11) is 2.96. The van der Waals surface area contributed by atoms with Crippen molar-refractivity contribution in [3.63, 3.8) is 0 Å². The molecule has 0 aliphatic heterocycles. The van der Waals surface area contributed by atoms with Crippen molar-refractivity contribution in [3.8, 4) is 5.75 Å². The van der Waals surface area contributed by atoms with E-state index in [0.29, 0.717) is 11.3 Å². The van der Waals surface area contributed by atoms with Gasteiger partial charge < -0.3 is 9.47 Å². The van der Waals surface area contributed by atoms with Gasteiger partial charge in [0.05, 0.1) is 14.2 Å². The molecule has 0 aliphatic carbocycles. The maximum Gasteiger partial charge on any atom is 0.341 e. The van der Waals surface area contributed by atoms with Gasteiger partial charge in [-0.2, -0.15) is 0 Å². The molecule has 0 bridgehead atoms.